The van der Waals surface area contributed by atoms with Gasteiger partial charge in [0.1, 0.15) is 6.33 Å². The lowest BCUT2D eigenvalue weighted by Crippen LogP contribution is -2.33. The topological polar surface area (TPSA) is 55.2 Å². The molecule has 1 aliphatic heterocycles. The zero-order chi connectivity index (χ0) is 11.1. The van der Waals surface area contributed by atoms with Crippen LogP contribution in [0.3, 0.4) is 0 Å². The Kier molecular flexibility index (Phi) is 1.67. The summed E-state index contributed by atoms with van der Waals surface area (Å²) in [6.07, 6.45) is 4.65. The quantitative estimate of drug-likeness (QED) is 0.660. The van der Waals surface area contributed by atoms with Crippen LogP contribution in [0.15, 0.2) is 43.0 Å². The maximum absolute atomic E-state index is 11.8. The average molecular weight is 213 g/mol. The molecule has 0 saturated heterocycles. The van der Waals surface area contributed by atoms with Crippen LogP contribution in [-0.4, -0.2) is 21.4 Å². The Morgan fingerprint density at radius 3 is 2.69 bits per heavy atom. The Bertz CT molecular complexity index is 575. The van der Waals surface area contributed by atoms with Gasteiger partial charge in [0.15, 0.2) is 0 Å². The zero-order valence-corrected chi connectivity index (χ0v) is 8.20. The van der Waals surface area contributed by atoms with Gasteiger partial charge in [-0.25, -0.2) is 14.7 Å². The standard InChI is InChI=1S/C11H7N3O2/c15-10-8-3-1-2-4-9(8)14(11(10)16)13-6-5-12-7-13/h1-7H. The zero-order valence-electron chi connectivity index (χ0n) is 8.20. The summed E-state index contributed by atoms with van der Waals surface area (Å²) in [5, 5.41) is 1.31. The third-order valence-electron chi connectivity index (χ3n) is 2.48. The van der Waals surface area contributed by atoms with Crippen LogP contribution in [0.5, 0.6) is 0 Å². The Balaban J connectivity index is 2.22. The molecule has 0 unspecified atom stereocenters. The number of nitrogens with zero attached hydrogens (tertiary/aromatic N) is 3. The van der Waals surface area contributed by atoms with E-state index in [0.29, 0.717) is 11.3 Å². The van der Waals surface area contributed by atoms with E-state index >= 15 is 0 Å². The molecule has 5 heteroatoms. The first-order valence-corrected chi connectivity index (χ1v) is 4.75. The van der Waals surface area contributed by atoms with Crippen LogP contribution in [0.25, 0.3) is 0 Å². The van der Waals surface area contributed by atoms with Crippen molar-refractivity contribution < 1.29 is 9.59 Å². The number of hydrogen-bond donors (Lipinski definition) is 0. The van der Waals surface area contributed by atoms with E-state index in [1.165, 1.54) is 16.0 Å². The highest BCUT2D eigenvalue weighted by molar-refractivity contribution is 6.52. The number of fused-ring (bicyclic) bond motifs is 1. The van der Waals surface area contributed by atoms with E-state index in [1.54, 1.807) is 36.7 Å². The fraction of sp³-hybridized carbons (Fsp3) is 0. The molecule has 1 aromatic carbocycles. The highest BCUT2D eigenvalue weighted by atomic mass is 16.2. The number of aromatic nitrogens is 2. The number of carbonyl (C=O) groups is 2. The number of rotatable bonds is 1. The number of anilines is 1. The van der Waals surface area contributed by atoms with E-state index in [4.69, 9.17) is 0 Å². The van der Waals surface area contributed by atoms with Crippen molar-refractivity contribution in [3.05, 3.63) is 48.5 Å². The number of para-hydroxylation sites is 1. The first-order chi connectivity index (χ1) is 7.79. The number of amides is 1. The van der Waals surface area contributed by atoms with Gasteiger partial charge in [0, 0.05) is 12.4 Å². The highest BCUT2D eigenvalue weighted by Gasteiger charge is 2.36. The predicted molar refractivity (Wildman–Crippen MR) is 55.9 cm³/mol. The monoisotopic (exact) mass is 213 g/mol. The molecule has 3 rings (SSSR count). The lowest BCUT2D eigenvalue weighted by atomic mass is 10.1. The van der Waals surface area contributed by atoms with Crippen LogP contribution in [0.2, 0.25) is 0 Å². The van der Waals surface area contributed by atoms with Crippen molar-refractivity contribution >= 4 is 17.4 Å². The largest absolute Gasteiger partial charge is 0.318 e. The second-order valence-electron chi connectivity index (χ2n) is 3.41. The van der Waals surface area contributed by atoms with E-state index < -0.39 is 11.7 Å². The molecule has 2 aromatic rings. The predicted octanol–water partition coefficient (Wildman–Crippen LogP) is 0.876. The molecular formula is C11H7N3O2. The Morgan fingerprint density at radius 2 is 1.94 bits per heavy atom. The number of carbonyl (C=O) groups excluding carboxylic acids is 2. The first-order valence-electron chi connectivity index (χ1n) is 4.75. The van der Waals surface area contributed by atoms with Crippen LogP contribution in [0.4, 0.5) is 5.69 Å². The van der Waals surface area contributed by atoms with Crippen molar-refractivity contribution in [2.24, 2.45) is 0 Å². The molecule has 0 spiro atoms. The van der Waals surface area contributed by atoms with E-state index in [0.717, 1.165) is 0 Å². The summed E-state index contributed by atoms with van der Waals surface area (Å²) in [5.41, 5.74) is 1.02. The van der Waals surface area contributed by atoms with Crippen LogP contribution in [0, 0.1) is 0 Å². The van der Waals surface area contributed by atoms with Crippen LogP contribution in [0.1, 0.15) is 10.4 Å². The highest BCUT2D eigenvalue weighted by Crippen LogP contribution is 2.28. The molecule has 0 radical (unpaired) electrons. The van der Waals surface area contributed by atoms with Crippen molar-refractivity contribution in [2.45, 2.75) is 0 Å². The van der Waals surface area contributed by atoms with Gasteiger partial charge in [0.25, 0.3) is 5.78 Å². The van der Waals surface area contributed by atoms with Gasteiger partial charge >= 0.3 is 5.91 Å². The summed E-state index contributed by atoms with van der Waals surface area (Å²) in [4.78, 5) is 27.3. The molecule has 0 bridgehead atoms. The van der Waals surface area contributed by atoms with E-state index in [2.05, 4.69) is 4.98 Å². The third-order valence-corrected chi connectivity index (χ3v) is 2.48. The fourth-order valence-corrected chi connectivity index (χ4v) is 1.77. The van der Waals surface area contributed by atoms with Crippen molar-refractivity contribution in [2.75, 3.05) is 5.01 Å². The SMILES string of the molecule is O=C1C(=O)N(n2ccnc2)c2ccccc21. The number of imidazole rings is 1. The minimum absolute atomic E-state index is 0.432. The third kappa shape index (κ3) is 1.02. The van der Waals surface area contributed by atoms with Gasteiger partial charge in [-0.05, 0) is 12.1 Å². The summed E-state index contributed by atoms with van der Waals surface area (Å²) in [5.74, 6) is -1.04. The van der Waals surface area contributed by atoms with Crippen molar-refractivity contribution in [1.82, 2.24) is 9.66 Å². The van der Waals surface area contributed by atoms with E-state index in [-0.39, 0.29) is 0 Å². The molecule has 1 aliphatic rings. The van der Waals surface area contributed by atoms with Crippen LogP contribution >= 0.6 is 0 Å². The number of Topliss-reactive ketones (excluding diaryl/α,β-unsaturated/α-hetero) is 1. The Hall–Kier alpha value is -2.43. The molecular weight excluding hydrogens is 206 g/mol. The van der Waals surface area contributed by atoms with Gasteiger partial charge in [-0.2, -0.15) is 0 Å². The van der Waals surface area contributed by atoms with Crippen molar-refractivity contribution in [3.8, 4) is 0 Å². The van der Waals surface area contributed by atoms with Gasteiger partial charge in [0.2, 0.25) is 0 Å². The molecule has 0 fully saturated rings. The molecule has 16 heavy (non-hydrogen) atoms. The molecule has 0 atom stereocenters. The second-order valence-corrected chi connectivity index (χ2v) is 3.41. The van der Waals surface area contributed by atoms with E-state index in [9.17, 15) is 9.59 Å². The lowest BCUT2D eigenvalue weighted by Gasteiger charge is -2.16. The van der Waals surface area contributed by atoms with Gasteiger partial charge in [-0.3, -0.25) is 9.59 Å². The van der Waals surface area contributed by atoms with Crippen molar-refractivity contribution in [3.63, 3.8) is 0 Å². The minimum Gasteiger partial charge on any atom is -0.283 e. The van der Waals surface area contributed by atoms with Crippen LogP contribution in [-0.2, 0) is 4.79 Å². The van der Waals surface area contributed by atoms with Crippen LogP contribution < -0.4 is 5.01 Å². The van der Waals surface area contributed by atoms with E-state index in [1.807, 2.05) is 0 Å². The molecule has 0 aliphatic carbocycles. The molecule has 78 valence electrons. The summed E-state index contributed by atoms with van der Waals surface area (Å²) >= 11 is 0. The maximum Gasteiger partial charge on any atom is 0.318 e. The average Bonchev–Trinajstić information content (AvgIpc) is 2.89. The minimum atomic E-state index is -0.556. The molecule has 1 aromatic heterocycles. The smallest absolute Gasteiger partial charge is 0.283 e. The Morgan fingerprint density at radius 1 is 1.12 bits per heavy atom. The number of benzene rings is 1. The first kappa shape index (κ1) is 8.84. The summed E-state index contributed by atoms with van der Waals surface area (Å²) in [7, 11) is 0. The molecule has 1 amide bonds. The van der Waals surface area contributed by atoms with Gasteiger partial charge in [0.05, 0.1) is 11.3 Å². The molecule has 2 heterocycles. The van der Waals surface area contributed by atoms with Crippen molar-refractivity contribution in [1.29, 1.82) is 0 Å². The molecule has 5 nitrogen and oxygen atoms in total. The summed E-state index contributed by atoms with van der Waals surface area (Å²) in [6, 6.07) is 6.90. The summed E-state index contributed by atoms with van der Waals surface area (Å²) < 4.78 is 1.49. The van der Waals surface area contributed by atoms with Gasteiger partial charge in [-0.15, -0.1) is 0 Å². The fourth-order valence-electron chi connectivity index (χ4n) is 1.77. The Labute approximate surface area is 90.9 Å². The number of hydrogen-bond acceptors (Lipinski definition) is 3. The molecule has 0 N–H and O–H groups in total. The lowest BCUT2D eigenvalue weighted by molar-refractivity contribution is -0.114. The molecule has 0 saturated carbocycles. The summed E-state index contributed by atoms with van der Waals surface area (Å²) in [6.45, 7) is 0. The second kappa shape index (κ2) is 3.03. The van der Waals surface area contributed by atoms with Gasteiger partial charge < -0.3 is 0 Å². The number of ketones is 1. The normalized spacial score (nSPS) is 14.4. The maximum atomic E-state index is 11.8. The van der Waals surface area contributed by atoms with Gasteiger partial charge in [-0.1, -0.05) is 12.1 Å².